The Morgan fingerprint density at radius 1 is 1.29 bits per heavy atom. The zero-order chi connectivity index (χ0) is 12.8. The topological polar surface area (TPSA) is 96.6 Å². The van der Waals surface area contributed by atoms with Crippen LogP contribution in [-0.4, -0.2) is 17.6 Å². The lowest BCUT2D eigenvalue weighted by Crippen LogP contribution is -2.28. The maximum atomic E-state index is 11.6. The van der Waals surface area contributed by atoms with E-state index in [-0.39, 0.29) is 5.71 Å². The summed E-state index contributed by atoms with van der Waals surface area (Å²) in [7, 11) is 0. The molecule has 6 nitrogen and oxygen atoms in total. The SMILES string of the molecule is C/C(=N/NC(N)=O)C(=O)Nc1ccc(Br)cc1. The van der Waals surface area contributed by atoms with Crippen molar-refractivity contribution in [2.75, 3.05) is 5.32 Å². The summed E-state index contributed by atoms with van der Waals surface area (Å²) in [4.78, 5) is 22.0. The highest BCUT2D eigenvalue weighted by molar-refractivity contribution is 9.10. The van der Waals surface area contributed by atoms with Gasteiger partial charge in [0.2, 0.25) is 0 Å². The summed E-state index contributed by atoms with van der Waals surface area (Å²) in [6.07, 6.45) is 0. The molecule has 3 amide bonds. The number of anilines is 1. The fraction of sp³-hybridized carbons (Fsp3) is 0.100. The molecule has 0 aliphatic carbocycles. The third-order valence-corrected chi connectivity index (χ3v) is 2.29. The molecular formula is C10H11BrN4O2. The first-order valence-corrected chi connectivity index (χ1v) is 5.45. The lowest BCUT2D eigenvalue weighted by Gasteiger charge is -2.04. The number of nitrogens with two attached hydrogens (primary N) is 1. The molecule has 0 radical (unpaired) electrons. The average Bonchev–Trinajstić information content (AvgIpc) is 2.28. The molecule has 0 bridgehead atoms. The second-order valence-corrected chi connectivity index (χ2v) is 4.05. The van der Waals surface area contributed by atoms with Crippen molar-refractivity contribution in [1.29, 1.82) is 0 Å². The standard InChI is InChI=1S/C10H11BrN4O2/c1-6(14-15-10(12)17)9(16)13-8-4-2-7(11)3-5-8/h2-5H,1H3,(H,13,16)(H3,12,15,17)/b14-6-. The van der Waals surface area contributed by atoms with Crippen molar-refractivity contribution < 1.29 is 9.59 Å². The van der Waals surface area contributed by atoms with E-state index in [4.69, 9.17) is 5.73 Å². The molecule has 0 saturated heterocycles. The van der Waals surface area contributed by atoms with Crippen LogP contribution < -0.4 is 16.5 Å². The molecule has 4 N–H and O–H groups in total. The van der Waals surface area contributed by atoms with Crippen molar-refractivity contribution in [1.82, 2.24) is 5.43 Å². The fourth-order valence-corrected chi connectivity index (χ4v) is 1.21. The summed E-state index contributed by atoms with van der Waals surface area (Å²) in [5.41, 5.74) is 7.53. The van der Waals surface area contributed by atoms with Crippen LogP contribution in [0.15, 0.2) is 33.8 Å². The predicted octanol–water partition coefficient (Wildman–Crippen LogP) is 1.43. The minimum absolute atomic E-state index is 0.103. The van der Waals surface area contributed by atoms with Crippen LogP contribution in [0.4, 0.5) is 10.5 Å². The summed E-state index contributed by atoms with van der Waals surface area (Å²) in [5.74, 6) is -0.416. The molecule has 0 unspecified atom stereocenters. The van der Waals surface area contributed by atoms with E-state index < -0.39 is 11.9 Å². The maximum Gasteiger partial charge on any atom is 0.332 e. The molecule has 0 aliphatic rings. The summed E-state index contributed by atoms with van der Waals surface area (Å²) < 4.78 is 0.913. The van der Waals surface area contributed by atoms with Crippen LogP contribution in [0.3, 0.4) is 0 Å². The van der Waals surface area contributed by atoms with Crippen molar-refractivity contribution in [3.8, 4) is 0 Å². The third kappa shape index (κ3) is 4.64. The van der Waals surface area contributed by atoms with Crippen LogP contribution in [0.25, 0.3) is 0 Å². The normalized spacial score (nSPS) is 10.8. The first-order valence-electron chi connectivity index (χ1n) is 4.65. The Morgan fingerprint density at radius 3 is 2.41 bits per heavy atom. The van der Waals surface area contributed by atoms with Crippen LogP contribution in [0, 0.1) is 0 Å². The average molecular weight is 299 g/mol. The number of carbonyl (C=O) groups is 2. The lowest BCUT2D eigenvalue weighted by atomic mass is 10.3. The van der Waals surface area contributed by atoms with E-state index in [0.29, 0.717) is 5.69 Å². The number of halogens is 1. The lowest BCUT2D eigenvalue weighted by molar-refractivity contribution is -0.110. The highest BCUT2D eigenvalue weighted by Crippen LogP contribution is 2.13. The van der Waals surface area contributed by atoms with Gasteiger partial charge in [0.25, 0.3) is 5.91 Å². The number of carbonyl (C=O) groups excluding carboxylic acids is 2. The van der Waals surface area contributed by atoms with E-state index >= 15 is 0 Å². The summed E-state index contributed by atoms with van der Waals surface area (Å²) in [5, 5.41) is 6.12. The number of primary amides is 1. The first-order chi connectivity index (χ1) is 7.99. The minimum atomic E-state index is -0.819. The highest BCUT2D eigenvalue weighted by atomic mass is 79.9. The molecule has 1 rings (SSSR count). The molecule has 17 heavy (non-hydrogen) atoms. The van der Waals surface area contributed by atoms with Gasteiger partial charge in [-0.1, -0.05) is 15.9 Å². The number of hydrogen-bond acceptors (Lipinski definition) is 3. The molecule has 1 aromatic carbocycles. The Hall–Kier alpha value is -1.89. The van der Waals surface area contributed by atoms with Crippen molar-refractivity contribution in [3.05, 3.63) is 28.7 Å². The molecule has 7 heteroatoms. The van der Waals surface area contributed by atoms with Crippen molar-refractivity contribution in [2.24, 2.45) is 10.8 Å². The summed E-state index contributed by atoms with van der Waals surface area (Å²) in [6, 6.07) is 6.24. The first kappa shape index (κ1) is 13.2. The molecule has 0 saturated carbocycles. The molecule has 0 atom stereocenters. The number of hydrazone groups is 1. The Morgan fingerprint density at radius 2 is 1.88 bits per heavy atom. The number of nitrogens with one attached hydrogen (secondary N) is 2. The van der Waals surface area contributed by atoms with Gasteiger partial charge in [-0.25, -0.2) is 10.2 Å². The number of urea groups is 1. The van der Waals surface area contributed by atoms with Gasteiger partial charge in [-0.05, 0) is 31.2 Å². The zero-order valence-corrected chi connectivity index (χ0v) is 10.6. The summed E-state index contributed by atoms with van der Waals surface area (Å²) in [6.45, 7) is 1.46. The van der Waals surface area contributed by atoms with E-state index in [0.717, 1.165) is 4.47 Å². The van der Waals surface area contributed by atoms with Crippen LogP contribution in [-0.2, 0) is 4.79 Å². The second kappa shape index (κ2) is 6.00. The number of benzene rings is 1. The van der Waals surface area contributed by atoms with Gasteiger partial charge in [0.05, 0.1) is 0 Å². The van der Waals surface area contributed by atoms with Crippen LogP contribution in [0.5, 0.6) is 0 Å². The van der Waals surface area contributed by atoms with Gasteiger partial charge < -0.3 is 11.1 Å². The van der Waals surface area contributed by atoms with Crippen molar-refractivity contribution in [2.45, 2.75) is 6.92 Å². The molecule has 90 valence electrons. The molecule has 0 spiro atoms. The highest BCUT2D eigenvalue weighted by Gasteiger charge is 2.06. The Labute approximate surface area is 106 Å². The van der Waals surface area contributed by atoms with E-state index in [1.54, 1.807) is 24.3 Å². The smallest absolute Gasteiger partial charge is 0.332 e. The Balaban J connectivity index is 2.63. The largest absolute Gasteiger partial charge is 0.350 e. The monoisotopic (exact) mass is 298 g/mol. The molecule has 0 fully saturated rings. The Bertz CT molecular complexity index is 456. The molecule has 1 aromatic rings. The van der Waals surface area contributed by atoms with Crippen LogP contribution >= 0.6 is 15.9 Å². The zero-order valence-electron chi connectivity index (χ0n) is 9.03. The second-order valence-electron chi connectivity index (χ2n) is 3.13. The van der Waals surface area contributed by atoms with Gasteiger partial charge in [0.15, 0.2) is 0 Å². The van der Waals surface area contributed by atoms with Gasteiger partial charge in [-0.15, -0.1) is 0 Å². The quantitative estimate of drug-likeness (QED) is 0.581. The fourth-order valence-electron chi connectivity index (χ4n) is 0.944. The van der Waals surface area contributed by atoms with E-state index in [1.807, 2.05) is 5.43 Å². The van der Waals surface area contributed by atoms with E-state index in [2.05, 4.69) is 26.3 Å². The number of rotatable bonds is 3. The number of nitrogens with zero attached hydrogens (tertiary/aromatic N) is 1. The van der Waals surface area contributed by atoms with E-state index in [9.17, 15) is 9.59 Å². The Kier molecular flexibility index (Phi) is 4.65. The van der Waals surface area contributed by atoms with Gasteiger partial charge >= 0.3 is 6.03 Å². The maximum absolute atomic E-state index is 11.6. The van der Waals surface area contributed by atoms with Crippen LogP contribution in [0.2, 0.25) is 0 Å². The van der Waals surface area contributed by atoms with Crippen LogP contribution in [0.1, 0.15) is 6.92 Å². The van der Waals surface area contributed by atoms with Gasteiger partial charge in [0, 0.05) is 10.2 Å². The van der Waals surface area contributed by atoms with Gasteiger partial charge in [-0.2, -0.15) is 5.10 Å². The minimum Gasteiger partial charge on any atom is -0.350 e. The van der Waals surface area contributed by atoms with E-state index in [1.165, 1.54) is 6.92 Å². The van der Waals surface area contributed by atoms with Crippen molar-refractivity contribution in [3.63, 3.8) is 0 Å². The molecule has 0 heterocycles. The third-order valence-electron chi connectivity index (χ3n) is 1.76. The molecular weight excluding hydrogens is 288 g/mol. The molecule has 0 aromatic heterocycles. The van der Waals surface area contributed by atoms with Gasteiger partial charge in [0.1, 0.15) is 5.71 Å². The number of amides is 3. The number of hydrogen-bond donors (Lipinski definition) is 3. The van der Waals surface area contributed by atoms with Crippen molar-refractivity contribution >= 4 is 39.3 Å². The van der Waals surface area contributed by atoms with Gasteiger partial charge in [-0.3, -0.25) is 4.79 Å². The predicted molar refractivity (Wildman–Crippen MR) is 68.6 cm³/mol. The summed E-state index contributed by atoms with van der Waals surface area (Å²) >= 11 is 3.28. The molecule has 0 aliphatic heterocycles.